The first-order valence-electron chi connectivity index (χ1n) is 6.63. The van der Waals surface area contributed by atoms with Crippen LogP contribution in [0.3, 0.4) is 0 Å². The summed E-state index contributed by atoms with van der Waals surface area (Å²) in [6.45, 7) is 9.59. The van der Waals surface area contributed by atoms with Gasteiger partial charge in [0.25, 0.3) is 0 Å². The Balaban J connectivity index is 1.90. The molecule has 0 saturated carbocycles. The Morgan fingerprint density at radius 1 is 1.05 bits per heavy atom. The molecule has 0 aliphatic carbocycles. The van der Waals surface area contributed by atoms with Crippen LogP contribution in [0, 0.1) is 0 Å². The number of hydrogen-bond donors (Lipinski definition) is 0. The summed E-state index contributed by atoms with van der Waals surface area (Å²) in [6.07, 6.45) is 0.905. The first-order chi connectivity index (χ1) is 8.91. The predicted molar refractivity (Wildman–Crippen MR) is 75.6 cm³/mol. The van der Waals surface area contributed by atoms with Crippen molar-refractivity contribution in [3.8, 4) is 11.5 Å². The highest BCUT2D eigenvalue weighted by atomic mass is 32.1. The lowest BCUT2D eigenvalue weighted by Gasteiger charge is -2.32. The normalized spacial score (nSPS) is 24.3. The molecule has 3 heterocycles. The first-order valence-corrected chi connectivity index (χ1v) is 7.51. The Kier molecular flexibility index (Phi) is 3.07. The van der Waals surface area contributed by atoms with E-state index < -0.39 is 0 Å². The van der Waals surface area contributed by atoms with Crippen LogP contribution in [-0.4, -0.2) is 31.5 Å². The summed E-state index contributed by atoms with van der Waals surface area (Å²) in [5.41, 5.74) is -0.666. The third-order valence-electron chi connectivity index (χ3n) is 4.00. The van der Waals surface area contributed by atoms with Gasteiger partial charge in [-0.15, -0.1) is 11.3 Å². The minimum Gasteiger partial charge on any atom is -0.489 e. The largest absolute Gasteiger partial charge is 0.509 e. The van der Waals surface area contributed by atoms with Gasteiger partial charge < -0.3 is 18.8 Å². The summed E-state index contributed by atoms with van der Waals surface area (Å²) in [7, 11) is -0.375. The van der Waals surface area contributed by atoms with Crippen molar-refractivity contribution in [3.63, 3.8) is 0 Å². The molecule has 0 N–H and O–H groups in total. The van der Waals surface area contributed by atoms with Crippen LogP contribution < -0.4 is 14.3 Å². The topological polar surface area (TPSA) is 36.9 Å². The highest BCUT2D eigenvalue weighted by Crippen LogP contribution is 2.40. The molecule has 19 heavy (non-hydrogen) atoms. The maximum atomic E-state index is 6.07. The minimum absolute atomic E-state index is 0.333. The lowest BCUT2D eigenvalue weighted by atomic mass is 9.87. The van der Waals surface area contributed by atoms with Gasteiger partial charge in [0, 0.05) is 11.8 Å². The van der Waals surface area contributed by atoms with Gasteiger partial charge in [0.05, 0.1) is 29.2 Å². The monoisotopic (exact) mass is 282 g/mol. The van der Waals surface area contributed by atoms with E-state index in [1.807, 2.05) is 5.38 Å². The van der Waals surface area contributed by atoms with Crippen molar-refractivity contribution in [2.45, 2.75) is 45.3 Å². The van der Waals surface area contributed by atoms with Crippen LogP contribution in [0.4, 0.5) is 0 Å². The zero-order valence-electron chi connectivity index (χ0n) is 11.8. The first kappa shape index (κ1) is 13.3. The average Bonchev–Trinajstić information content (AvgIpc) is 2.68. The second-order valence-electron chi connectivity index (χ2n) is 5.93. The van der Waals surface area contributed by atoms with Crippen molar-refractivity contribution < 1.29 is 18.8 Å². The van der Waals surface area contributed by atoms with Gasteiger partial charge in [-0.2, -0.15) is 0 Å². The molecule has 2 aliphatic heterocycles. The number of hydrogen-bond acceptors (Lipinski definition) is 5. The van der Waals surface area contributed by atoms with E-state index in [1.165, 1.54) is 0 Å². The molecule has 1 aromatic heterocycles. The Morgan fingerprint density at radius 3 is 2.37 bits per heavy atom. The molecule has 0 spiro atoms. The van der Waals surface area contributed by atoms with E-state index in [1.54, 1.807) is 11.3 Å². The molecule has 1 fully saturated rings. The van der Waals surface area contributed by atoms with E-state index in [9.17, 15) is 0 Å². The van der Waals surface area contributed by atoms with Crippen molar-refractivity contribution >= 4 is 23.2 Å². The number of thiophene rings is 1. The van der Waals surface area contributed by atoms with E-state index >= 15 is 0 Å². The van der Waals surface area contributed by atoms with Gasteiger partial charge in [0.1, 0.15) is 0 Å². The Bertz CT molecular complexity index is 467. The van der Waals surface area contributed by atoms with Crippen LogP contribution in [0.1, 0.15) is 34.1 Å². The molecular formula is C13H19BO4S. The third-order valence-corrected chi connectivity index (χ3v) is 4.96. The fraction of sp³-hybridized carbons (Fsp3) is 0.692. The number of rotatable bonds is 1. The van der Waals surface area contributed by atoms with Crippen LogP contribution in [0.5, 0.6) is 11.5 Å². The predicted octanol–water partition coefficient (Wildman–Crippen LogP) is 2.21. The zero-order chi connectivity index (χ0) is 13.7. The Labute approximate surface area is 118 Å². The Morgan fingerprint density at radius 2 is 1.68 bits per heavy atom. The van der Waals surface area contributed by atoms with Crippen molar-refractivity contribution in [1.82, 2.24) is 0 Å². The van der Waals surface area contributed by atoms with Crippen LogP contribution in [0.15, 0.2) is 5.38 Å². The number of fused-ring (bicyclic) bond motifs is 1. The smallest absolute Gasteiger partial charge is 0.489 e. The van der Waals surface area contributed by atoms with E-state index in [-0.39, 0.29) is 18.3 Å². The molecule has 0 unspecified atom stereocenters. The fourth-order valence-electron chi connectivity index (χ4n) is 2.12. The molecule has 0 amide bonds. The molecule has 3 rings (SSSR count). The molecule has 104 valence electrons. The molecule has 2 aliphatic rings. The molecule has 0 radical (unpaired) electrons. The van der Waals surface area contributed by atoms with E-state index in [2.05, 4.69) is 27.7 Å². The molecule has 0 aromatic carbocycles. The van der Waals surface area contributed by atoms with Gasteiger partial charge in [-0.25, -0.2) is 0 Å². The lowest BCUT2D eigenvalue weighted by Crippen LogP contribution is -2.41. The molecular weight excluding hydrogens is 263 g/mol. The van der Waals surface area contributed by atoms with Crippen molar-refractivity contribution in [3.05, 3.63) is 5.38 Å². The standard InChI is InChI=1S/C13H19BO4S/c1-12(2)13(3,4)18-14(17-12)11-10-9(8-19-11)15-6-5-7-16-10/h8H,5-7H2,1-4H3. The third kappa shape index (κ3) is 2.16. The maximum Gasteiger partial charge on any atom is 0.509 e. The van der Waals surface area contributed by atoms with Gasteiger partial charge in [-0.3, -0.25) is 0 Å². The molecule has 1 aromatic rings. The number of ether oxygens (including phenoxy) is 2. The molecule has 0 atom stereocenters. The average molecular weight is 282 g/mol. The highest BCUT2D eigenvalue weighted by molar-refractivity contribution is 7.21. The van der Waals surface area contributed by atoms with Crippen LogP contribution in [0.25, 0.3) is 0 Å². The van der Waals surface area contributed by atoms with Gasteiger partial charge >= 0.3 is 7.12 Å². The summed E-state index contributed by atoms with van der Waals surface area (Å²) < 4.78 is 24.6. The molecule has 6 heteroatoms. The van der Waals surface area contributed by atoms with Crippen LogP contribution >= 0.6 is 11.3 Å². The van der Waals surface area contributed by atoms with Gasteiger partial charge in [0.15, 0.2) is 11.5 Å². The van der Waals surface area contributed by atoms with E-state index in [0.717, 1.165) is 22.7 Å². The zero-order valence-corrected chi connectivity index (χ0v) is 12.6. The summed E-state index contributed by atoms with van der Waals surface area (Å²) in [4.78, 5) is 0. The lowest BCUT2D eigenvalue weighted by molar-refractivity contribution is 0.00578. The second-order valence-corrected chi connectivity index (χ2v) is 6.84. The van der Waals surface area contributed by atoms with Crippen molar-refractivity contribution in [1.29, 1.82) is 0 Å². The second kappa shape index (κ2) is 4.40. The van der Waals surface area contributed by atoms with Crippen molar-refractivity contribution in [2.75, 3.05) is 13.2 Å². The SMILES string of the molecule is CC1(C)OB(c2scc3c2OCCCO3)OC1(C)C. The summed E-state index contributed by atoms with van der Waals surface area (Å²) >= 11 is 1.57. The van der Waals surface area contributed by atoms with Crippen LogP contribution in [0.2, 0.25) is 0 Å². The van der Waals surface area contributed by atoms with Crippen molar-refractivity contribution in [2.24, 2.45) is 0 Å². The summed E-state index contributed by atoms with van der Waals surface area (Å²) in [5.74, 6) is 1.60. The fourth-order valence-corrected chi connectivity index (χ4v) is 3.00. The maximum absolute atomic E-state index is 6.07. The van der Waals surface area contributed by atoms with E-state index in [0.29, 0.717) is 13.2 Å². The van der Waals surface area contributed by atoms with Crippen LogP contribution in [-0.2, 0) is 9.31 Å². The molecule has 1 saturated heterocycles. The Hall–Kier alpha value is -0.715. The molecule has 4 nitrogen and oxygen atoms in total. The quantitative estimate of drug-likeness (QED) is 0.740. The summed E-state index contributed by atoms with van der Waals surface area (Å²) in [5, 5.41) is 1.97. The van der Waals surface area contributed by atoms with Gasteiger partial charge in [0.2, 0.25) is 0 Å². The highest BCUT2D eigenvalue weighted by Gasteiger charge is 2.53. The summed E-state index contributed by atoms with van der Waals surface area (Å²) in [6, 6.07) is 0. The minimum atomic E-state index is -0.375. The van der Waals surface area contributed by atoms with Gasteiger partial charge in [-0.1, -0.05) is 0 Å². The van der Waals surface area contributed by atoms with Gasteiger partial charge in [-0.05, 0) is 27.7 Å². The molecule has 0 bridgehead atoms. The van der Waals surface area contributed by atoms with E-state index in [4.69, 9.17) is 18.8 Å².